The predicted octanol–water partition coefficient (Wildman–Crippen LogP) is 4.63. The highest BCUT2D eigenvalue weighted by molar-refractivity contribution is 7.99. The van der Waals surface area contributed by atoms with Crippen molar-refractivity contribution in [3.63, 3.8) is 0 Å². The number of anilines is 1. The van der Waals surface area contributed by atoms with E-state index >= 15 is 0 Å². The summed E-state index contributed by atoms with van der Waals surface area (Å²) in [6.45, 7) is 0. The van der Waals surface area contributed by atoms with Gasteiger partial charge in [-0.1, -0.05) is 36.0 Å². The Balaban J connectivity index is 1.64. The molecule has 0 aliphatic carbocycles. The topological polar surface area (TPSA) is 68.0 Å². The maximum atomic E-state index is 13.7. The van der Waals surface area contributed by atoms with Crippen LogP contribution in [0, 0.1) is 5.82 Å². The van der Waals surface area contributed by atoms with E-state index in [0.29, 0.717) is 0 Å². The first-order chi connectivity index (χ1) is 12.8. The Morgan fingerprint density at radius 1 is 1.07 bits per heavy atom. The fourth-order valence-electron chi connectivity index (χ4n) is 2.16. The van der Waals surface area contributed by atoms with Crippen molar-refractivity contribution in [1.29, 1.82) is 0 Å². The number of nitrogens with one attached hydrogen (secondary N) is 1. The summed E-state index contributed by atoms with van der Waals surface area (Å²) in [6, 6.07) is 10.5. The molecule has 10 heteroatoms. The monoisotopic (exact) mass is 397 g/mol. The average Bonchev–Trinajstić information content (AvgIpc) is 3.09. The molecule has 3 rings (SSSR count). The van der Waals surface area contributed by atoms with Crippen LogP contribution < -0.4 is 5.32 Å². The Hall–Kier alpha value is -2.88. The average molecular weight is 397 g/mol. The van der Waals surface area contributed by atoms with Crippen molar-refractivity contribution in [1.82, 2.24) is 10.2 Å². The number of para-hydroxylation sites is 1. The van der Waals surface area contributed by atoms with Gasteiger partial charge in [0.25, 0.3) is 11.1 Å². The Labute approximate surface area is 154 Å². The van der Waals surface area contributed by atoms with E-state index in [-0.39, 0.29) is 28.1 Å². The Kier molecular flexibility index (Phi) is 5.45. The van der Waals surface area contributed by atoms with Gasteiger partial charge >= 0.3 is 6.18 Å². The molecule has 5 nitrogen and oxygen atoms in total. The quantitative estimate of drug-likeness (QED) is 0.502. The van der Waals surface area contributed by atoms with Gasteiger partial charge in [0.05, 0.1) is 22.6 Å². The normalized spacial score (nSPS) is 11.4. The third-order valence-corrected chi connectivity index (χ3v) is 4.16. The molecule has 0 spiro atoms. The molecular formula is C17H11F4N3O2S. The largest absolute Gasteiger partial charge is 0.418 e. The summed E-state index contributed by atoms with van der Waals surface area (Å²) < 4.78 is 57.7. The van der Waals surface area contributed by atoms with Gasteiger partial charge in [-0.2, -0.15) is 13.2 Å². The van der Waals surface area contributed by atoms with Gasteiger partial charge in [-0.05, 0) is 24.3 Å². The maximum absolute atomic E-state index is 13.7. The number of nitrogens with zero attached hydrogens (tertiary/aromatic N) is 2. The van der Waals surface area contributed by atoms with E-state index in [1.807, 2.05) is 0 Å². The lowest BCUT2D eigenvalue weighted by Crippen LogP contribution is -2.18. The van der Waals surface area contributed by atoms with E-state index in [0.717, 1.165) is 23.9 Å². The van der Waals surface area contributed by atoms with E-state index in [4.69, 9.17) is 4.42 Å². The number of amides is 1. The Morgan fingerprint density at radius 2 is 1.78 bits per heavy atom. The minimum Gasteiger partial charge on any atom is -0.411 e. The van der Waals surface area contributed by atoms with Crippen molar-refractivity contribution < 1.29 is 26.8 Å². The van der Waals surface area contributed by atoms with E-state index in [1.54, 1.807) is 6.07 Å². The van der Waals surface area contributed by atoms with Gasteiger partial charge in [-0.3, -0.25) is 4.79 Å². The summed E-state index contributed by atoms with van der Waals surface area (Å²) in [5.74, 6) is -1.54. The van der Waals surface area contributed by atoms with Gasteiger partial charge in [0.1, 0.15) is 5.82 Å². The molecule has 0 aliphatic heterocycles. The number of carbonyl (C=O) groups is 1. The van der Waals surface area contributed by atoms with Crippen LogP contribution in [0.2, 0.25) is 0 Å². The minimum atomic E-state index is -4.59. The fourth-order valence-corrected chi connectivity index (χ4v) is 2.73. The number of benzene rings is 2. The Morgan fingerprint density at radius 3 is 2.52 bits per heavy atom. The zero-order valence-electron chi connectivity index (χ0n) is 13.5. The number of carbonyl (C=O) groups excluding carboxylic acids is 1. The first-order valence-corrected chi connectivity index (χ1v) is 8.50. The molecule has 0 radical (unpaired) electrons. The standard InChI is InChI=1S/C17H11F4N3O2S/c18-12-7-3-1-5-10(12)15-23-24-16(26-15)27-9-14(25)22-13-8-4-2-6-11(13)17(19,20)21/h1-8H,9H2,(H,22,25). The lowest BCUT2D eigenvalue weighted by Gasteiger charge is -2.13. The summed E-state index contributed by atoms with van der Waals surface area (Å²) >= 11 is 0.826. The second-order valence-electron chi connectivity index (χ2n) is 5.23. The van der Waals surface area contributed by atoms with Gasteiger partial charge in [-0.15, -0.1) is 10.2 Å². The molecule has 3 aromatic rings. The van der Waals surface area contributed by atoms with Crippen molar-refractivity contribution in [2.45, 2.75) is 11.4 Å². The number of aromatic nitrogens is 2. The fraction of sp³-hybridized carbons (Fsp3) is 0.118. The number of thioether (sulfide) groups is 1. The molecule has 1 heterocycles. The zero-order chi connectivity index (χ0) is 19.4. The van der Waals surface area contributed by atoms with Crippen molar-refractivity contribution in [3.05, 3.63) is 59.9 Å². The first kappa shape index (κ1) is 18.9. The summed E-state index contributed by atoms with van der Waals surface area (Å²) in [6.07, 6.45) is -4.59. The lowest BCUT2D eigenvalue weighted by molar-refractivity contribution is -0.137. The second-order valence-corrected chi connectivity index (χ2v) is 6.16. The molecule has 1 aromatic heterocycles. The van der Waals surface area contributed by atoms with Crippen LogP contribution in [-0.2, 0) is 11.0 Å². The molecule has 1 amide bonds. The van der Waals surface area contributed by atoms with Crippen LogP contribution in [0.3, 0.4) is 0 Å². The van der Waals surface area contributed by atoms with E-state index in [1.165, 1.54) is 30.3 Å². The van der Waals surface area contributed by atoms with Crippen molar-refractivity contribution in [3.8, 4) is 11.5 Å². The summed E-state index contributed by atoms with van der Waals surface area (Å²) in [7, 11) is 0. The molecule has 0 saturated heterocycles. The van der Waals surface area contributed by atoms with Gasteiger partial charge in [-0.25, -0.2) is 4.39 Å². The molecule has 0 fully saturated rings. The molecule has 1 N–H and O–H groups in total. The number of halogens is 4. The van der Waals surface area contributed by atoms with Crippen LogP contribution in [-0.4, -0.2) is 21.9 Å². The minimum absolute atomic E-state index is 0.00694. The molecule has 0 saturated carbocycles. The number of rotatable bonds is 5. The van der Waals surface area contributed by atoms with Crippen LogP contribution in [0.4, 0.5) is 23.2 Å². The van der Waals surface area contributed by atoms with E-state index < -0.39 is 23.5 Å². The van der Waals surface area contributed by atoms with Crippen LogP contribution >= 0.6 is 11.8 Å². The van der Waals surface area contributed by atoms with Crippen LogP contribution in [0.15, 0.2) is 58.2 Å². The second kappa shape index (κ2) is 7.78. The molecule has 0 bridgehead atoms. The first-order valence-electron chi connectivity index (χ1n) is 7.52. The van der Waals surface area contributed by atoms with E-state index in [2.05, 4.69) is 15.5 Å². The molecule has 27 heavy (non-hydrogen) atoms. The summed E-state index contributed by atoms with van der Waals surface area (Å²) in [4.78, 5) is 11.9. The Bertz CT molecular complexity index is 959. The number of alkyl halides is 3. The highest BCUT2D eigenvalue weighted by atomic mass is 32.2. The SMILES string of the molecule is O=C(CSc1nnc(-c2ccccc2F)o1)Nc1ccccc1C(F)(F)F. The predicted molar refractivity (Wildman–Crippen MR) is 90.5 cm³/mol. The molecule has 140 valence electrons. The maximum Gasteiger partial charge on any atom is 0.418 e. The summed E-state index contributed by atoms with van der Waals surface area (Å²) in [5, 5.41) is 9.59. The third-order valence-electron chi connectivity index (χ3n) is 3.34. The van der Waals surface area contributed by atoms with E-state index in [9.17, 15) is 22.4 Å². The molecule has 0 atom stereocenters. The van der Waals surface area contributed by atoms with Crippen molar-refractivity contribution in [2.24, 2.45) is 0 Å². The third kappa shape index (κ3) is 4.64. The molecular weight excluding hydrogens is 386 g/mol. The lowest BCUT2D eigenvalue weighted by atomic mass is 10.1. The van der Waals surface area contributed by atoms with Gasteiger partial charge in [0, 0.05) is 0 Å². The highest BCUT2D eigenvalue weighted by Crippen LogP contribution is 2.34. The van der Waals surface area contributed by atoms with Crippen molar-refractivity contribution in [2.75, 3.05) is 11.1 Å². The zero-order valence-corrected chi connectivity index (χ0v) is 14.3. The summed E-state index contributed by atoms with van der Waals surface area (Å²) in [5.41, 5.74) is -1.17. The van der Waals surface area contributed by atoms with Gasteiger partial charge < -0.3 is 9.73 Å². The van der Waals surface area contributed by atoms with Crippen molar-refractivity contribution >= 4 is 23.4 Å². The van der Waals surface area contributed by atoms with Gasteiger partial charge in [0.15, 0.2) is 0 Å². The molecule has 2 aromatic carbocycles. The molecule has 0 aliphatic rings. The number of hydrogen-bond donors (Lipinski definition) is 1. The van der Waals surface area contributed by atoms with Crippen LogP contribution in [0.1, 0.15) is 5.56 Å². The molecule has 0 unspecified atom stereocenters. The van der Waals surface area contributed by atoms with Gasteiger partial charge in [0.2, 0.25) is 5.91 Å². The van der Waals surface area contributed by atoms with Crippen LogP contribution in [0.25, 0.3) is 11.5 Å². The number of hydrogen-bond acceptors (Lipinski definition) is 5. The smallest absolute Gasteiger partial charge is 0.411 e. The highest BCUT2D eigenvalue weighted by Gasteiger charge is 2.33. The van der Waals surface area contributed by atoms with Crippen LogP contribution in [0.5, 0.6) is 0 Å².